The summed E-state index contributed by atoms with van der Waals surface area (Å²) in [7, 11) is 1.53. The van der Waals surface area contributed by atoms with Crippen molar-refractivity contribution in [2.75, 3.05) is 54.7 Å². The number of morpholine rings is 1. The molecule has 0 radical (unpaired) electrons. The highest BCUT2D eigenvalue weighted by Crippen LogP contribution is 2.37. The lowest BCUT2D eigenvalue weighted by Gasteiger charge is -2.30. The van der Waals surface area contributed by atoms with Crippen LogP contribution < -0.4 is 26.0 Å². The van der Waals surface area contributed by atoms with Crippen LogP contribution in [0.2, 0.25) is 0 Å². The lowest BCUT2D eigenvalue weighted by atomic mass is 9.91. The van der Waals surface area contributed by atoms with Gasteiger partial charge in [0.2, 0.25) is 17.8 Å². The smallest absolute Gasteiger partial charge is 0.232 e. The lowest BCUT2D eigenvalue weighted by molar-refractivity contribution is -0.123. The summed E-state index contributed by atoms with van der Waals surface area (Å²) in [6.45, 7) is 4.30. The number of carbonyl (C=O) groups is 2. The van der Waals surface area contributed by atoms with E-state index in [0.717, 1.165) is 5.56 Å². The molecular formula is C20H24N6O4. The van der Waals surface area contributed by atoms with Gasteiger partial charge in [-0.3, -0.25) is 9.59 Å². The summed E-state index contributed by atoms with van der Waals surface area (Å²) in [6, 6.07) is 5.47. The highest BCUT2D eigenvalue weighted by atomic mass is 16.5. The Morgan fingerprint density at radius 1 is 1.33 bits per heavy atom. The van der Waals surface area contributed by atoms with Crippen molar-refractivity contribution in [3.05, 3.63) is 29.3 Å². The standard InChI is InChI=1S/C20H24N6O4/c1-11-3-4-14(29-2)13(9-11)22-19(28)12-10-15(27)23-18-16(12)17(21)24-20(25-18)26-5-7-30-8-6-26/h3-4,9,12H,5-8,10H2,1-2H3,(H,22,28)(H3,21,23,24,25,27). The summed E-state index contributed by atoms with van der Waals surface area (Å²) in [6.07, 6.45) is -0.0442. The fourth-order valence-electron chi connectivity index (χ4n) is 3.65. The molecule has 1 aromatic heterocycles. The van der Waals surface area contributed by atoms with Gasteiger partial charge in [0.25, 0.3) is 0 Å². The number of methoxy groups -OCH3 is 1. The van der Waals surface area contributed by atoms with Crippen LogP contribution in [0, 0.1) is 6.92 Å². The highest BCUT2D eigenvalue weighted by molar-refractivity contribution is 6.06. The highest BCUT2D eigenvalue weighted by Gasteiger charge is 2.35. The van der Waals surface area contributed by atoms with E-state index in [4.69, 9.17) is 15.2 Å². The van der Waals surface area contributed by atoms with Crippen LogP contribution in [0.5, 0.6) is 5.75 Å². The first-order valence-corrected chi connectivity index (χ1v) is 9.71. The summed E-state index contributed by atoms with van der Waals surface area (Å²) in [5.74, 6) is -0.0842. The third-order valence-electron chi connectivity index (χ3n) is 5.18. The zero-order valence-electron chi connectivity index (χ0n) is 16.9. The number of aryl methyl sites for hydroxylation is 1. The molecule has 2 aliphatic heterocycles. The largest absolute Gasteiger partial charge is 0.495 e. The molecule has 2 aromatic rings. The second kappa shape index (κ2) is 8.15. The Hall–Kier alpha value is -3.40. The van der Waals surface area contributed by atoms with Gasteiger partial charge in [-0.25, -0.2) is 0 Å². The molecule has 2 aliphatic rings. The third kappa shape index (κ3) is 3.86. The number of carbonyl (C=O) groups excluding carboxylic acids is 2. The molecule has 0 saturated carbocycles. The zero-order chi connectivity index (χ0) is 21.3. The van der Waals surface area contributed by atoms with Crippen LogP contribution in [0.1, 0.15) is 23.5 Å². The maximum atomic E-state index is 13.1. The van der Waals surface area contributed by atoms with Gasteiger partial charge in [0.15, 0.2) is 0 Å². The predicted molar refractivity (Wildman–Crippen MR) is 112 cm³/mol. The lowest BCUT2D eigenvalue weighted by Crippen LogP contribution is -2.38. The fraction of sp³-hybridized carbons (Fsp3) is 0.400. The number of anilines is 4. The quantitative estimate of drug-likeness (QED) is 0.684. The number of amides is 2. The number of benzene rings is 1. The van der Waals surface area contributed by atoms with Gasteiger partial charge in [-0.05, 0) is 24.6 Å². The maximum Gasteiger partial charge on any atom is 0.232 e. The summed E-state index contributed by atoms with van der Waals surface area (Å²) in [5, 5.41) is 5.58. The van der Waals surface area contributed by atoms with E-state index in [9.17, 15) is 9.59 Å². The molecule has 3 heterocycles. The Morgan fingerprint density at radius 3 is 2.83 bits per heavy atom. The molecule has 0 bridgehead atoms. The second-order valence-electron chi connectivity index (χ2n) is 7.27. The molecule has 10 nitrogen and oxygen atoms in total. The van der Waals surface area contributed by atoms with Crippen LogP contribution in [-0.2, 0) is 14.3 Å². The minimum absolute atomic E-state index is 0.0442. The van der Waals surface area contributed by atoms with Gasteiger partial charge in [0.05, 0.1) is 37.5 Å². The monoisotopic (exact) mass is 412 g/mol. The molecule has 1 atom stereocenters. The average molecular weight is 412 g/mol. The van der Waals surface area contributed by atoms with E-state index in [-0.39, 0.29) is 29.9 Å². The van der Waals surface area contributed by atoms with E-state index < -0.39 is 5.92 Å². The predicted octanol–water partition coefficient (Wildman–Crippen LogP) is 1.28. The second-order valence-corrected chi connectivity index (χ2v) is 7.27. The summed E-state index contributed by atoms with van der Waals surface area (Å²) in [4.78, 5) is 36.2. The molecule has 1 fully saturated rings. The SMILES string of the molecule is COc1ccc(C)cc1NC(=O)C1CC(=O)Nc2nc(N3CCOCC3)nc(N)c21. The van der Waals surface area contributed by atoms with Crippen LogP contribution in [0.3, 0.4) is 0 Å². The van der Waals surface area contributed by atoms with Gasteiger partial charge in [-0.15, -0.1) is 0 Å². The van der Waals surface area contributed by atoms with E-state index in [1.54, 1.807) is 6.07 Å². The molecule has 4 N–H and O–H groups in total. The number of nitrogen functional groups attached to an aromatic ring is 1. The Balaban J connectivity index is 1.65. The molecular weight excluding hydrogens is 388 g/mol. The van der Waals surface area contributed by atoms with E-state index >= 15 is 0 Å². The van der Waals surface area contributed by atoms with Gasteiger partial charge in [-0.1, -0.05) is 6.07 Å². The summed E-state index contributed by atoms with van der Waals surface area (Å²) >= 11 is 0. The molecule has 158 valence electrons. The van der Waals surface area contributed by atoms with Crippen LogP contribution in [0.25, 0.3) is 0 Å². The van der Waals surface area contributed by atoms with Crippen molar-refractivity contribution in [2.45, 2.75) is 19.3 Å². The Morgan fingerprint density at radius 2 is 2.10 bits per heavy atom. The Bertz CT molecular complexity index is 990. The number of aromatic nitrogens is 2. The van der Waals surface area contributed by atoms with Crippen LogP contribution in [-0.4, -0.2) is 55.2 Å². The normalized spacial score (nSPS) is 18.4. The van der Waals surface area contributed by atoms with Crippen molar-refractivity contribution in [3.63, 3.8) is 0 Å². The first-order chi connectivity index (χ1) is 14.5. The molecule has 2 amide bonds. The summed E-state index contributed by atoms with van der Waals surface area (Å²) < 4.78 is 10.7. The summed E-state index contributed by atoms with van der Waals surface area (Å²) in [5.41, 5.74) is 8.15. The number of nitrogens with zero attached hydrogens (tertiary/aromatic N) is 3. The van der Waals surface area contributed by atoms with Crippen molar-refractivity contribution < 1.29 is 19.1 Å². The number of nitrogens with one attached hydrogen (secondary N) is 2. The van der Waals surface area contributed by atoms with Crippen LogP contribution >= 0.6 is 0 Å². The van der Waals surface area contributed by atoms with Crippen LogP contribution in [0.15, 0.2) is 18.2 Å². The third-order valence-corrected chi connectivity index (χ3v) is 5.18. The number of rotatable bonds is 4. The van der Waals surface area contributed by atoms with Crippen LogP contribution in [0.4, 0.5) is 23.3 Å². The molecule has 0 aliphatic carbocycles. The maximum absolute atomic E-state index is 13.1. The van der Waals surface area contributed by atoms with Gasteiger partial charge < -0.3 is 30.7 Å². The molecule has 30 heavy (non-hydrogen) atoms. The van der Waals surface area contributed by atoms with E-state index in [1.165, 1.54) is 7.11 Å². The fourth-order valence-corrected chi connectivity index (χ4v) is 3.65. The number of ether oxygens (including phenoxy) is 2. The van der Waals surface area contributed by atoms with Crippen molar-refractivity contribution >= 4 is 35.1 Å². The van der Waals surface area contributed by atoms with E-state index in [1.807, 2.05) is 24.0 Å². The molecule has 1 aromatic carbocycles. The zero-order valence-corrected chi connectivity index (χ0v) is 16.9. The minimum atomic E-state index is -0.808. The number of fused-ring (bicyclic) bond motifs is 1. The average Bonchev–Trinajstić information content (AvgIpc) is 2.73. The van der Waals surface area contributed by atoms with Gasteiger partial charge >= 0.3 is 0 Å². The van der Waals surface area contributed by atoms with Crippen molar-refractivity contribution in [1.82, 2.24) is 9.97 Å². The van der Waals surface area contributed by atoms with Crippen molar-refractivity contribution in [3.8, 4) is 5.75 Å². The molecule has 0 spiro atoms. The molecule has 1 saturated heterocycles. The van der Waals surface area contributed by atoms with Crippen molar-refractivity contribution in [2.24, 2.45) is 0 Å². The minimum Gasteiger partial charge on any atom is -0.495 e. The van der Waals surface area contributed by atoms with E-state index in [0.29, 0.717) is 49.3 Å². The number of hydrogen-bond donors (Lipinski definition) is 3. The van der Waals surface area contributed by atoms with Crippen molar-refractivity contribution in [1.29, 1.82) is 0 Å². The van der Waals surface area contributed by atoms with Gasteiger partial charge in [0.1, 0.15) is 17.4 Å². The Labute approximate surface area is 173 Å². The van der Waals surface area contributed by atoms with E-state index in [2.05, 4.69) is 20.6 Å². The number of hydrogen-bond acceptors (Lipinski definition) is 8. The van der Waals surface area contributed by atoms with Gasteiger partial charge in [0, 0.05) is 19.5 Å². The first-order valence-electron chi connectivity index (χ1n) is 9.71. The van der Waals surface area contributed by atoms with Gasteiger partial charge in [-0.2, -0.15) is 9.97 Å². The molecule has 10 heteroatoms. The topological polar surface area (TPSA) is 132 Å². The first kappa shape index (κ1) is 19.9. The number of nitrogens with two attached hydrogens (primary N) is 1. The molecule has 4 rings (SSSR count). The molecule has 1 unspecified atom stereocenters. The Kier molecular flexibility index (Phi) is 5.40.